The highest BCUT2D eigenvalue weighted by atomic mass is 16.2. The molecular formula is C25H19N4O. The van der Waals surface area contributed by atoms with Gasteiger partial charge in [0.2, 0.25) is 0 Å². The van der Waals surface area contributed by atoms with E-state index in [4.69, 9.17) is 5.73 Å². The highest BCUT2D eigenvalue weighted by Crippen LogP contribution is 2.31. The number of urea groups is 1. The molecule has 1 radical (unpaired) electrons. The number of azo groups is 1. The van der Waals surface area contributed by atoms with Gasteiger partial charge in [0.05, 0.1) is 17.1 Å². The Morgan fingerprint density at radius 3 is 2.17 bits per heavy atom. The molecule has 0 unspecified atom stereocenters. The van der Waals surface area contributed by atoms with Gasteiger partial charge in [0.25, 0.3) is 0 Å². The predicted octanol–water partition coefficient (Wildman–Crippen LogP) is 6.73. The van der Waals surface area contributed by atoms with E-state index in [2.05, 4.69) is 21.6 Å². The minimum Gasteiger partial charge on any atom is -0.351 e. The van der Waals surface area contributed by atoms with Gasteiger partial charge in [0.1, 0.15) is 0 Å². The van der Waals surface area contributed by atoms with Crippen molar-refractivity contribution in [2.45, 2.75) is 0 Å². The summed E-state index contributed by atoms with van der Waals surface area (Å²) in [5, 5.41) is 11.2. The molecular weight excluding hydrogens is 372 g/mol. The zero-order valence-corrected chi connectivity index (χ0v) is 16.1. The fourth-order valence-corrected chi connectivity index (χ4v) is 3.10. The van der Waals surface area contributed by atoms with Crippen LogP contribution in [0.2, 0.25) is 0 Å². The van der Waals surface area contributed by atoms with Gasteiger partial charge in [-0.15, -0.1) is 0 Å². The number of anilines is 1. The predicted molar refractivity (Wildman–Crippen MR) is 120 cm³/mol. The van der Waals surface area contributed by atoms with Gasteiger partial charge in [0.15, 0.2) is 0 Å². The van der Waals surface area contributed by atoms with Crippen LogP contribution in [-0.2, 0) is 0 Å². The molecule has 0 aromatic heterocycles. The molecule has 0 aliphatic rings. The zero-order valence-electron chi connectivity index (χ0n) is 16.1. The number of nitrogens with two attached hydrogens (primary N) is 1. The molecule has 0 heterocycles. The lowest BCUT2D eigenvalue weighted by Gasteiger charge is -2.11. The number of nitrogens with zero attached hydrogens (tertiary/aromatic N) is 2. The number of benzene rings is 4. The normalized spacial score (nSPS) is 10.8. The van der Waals surface area contributed by atoms with Gasteiger partial charge >= 0.3 is 6.03 Å². The third kappa shape index (κ3) is 4.59. The number of para-hydroxylation sites is 1. The Morgan fingerprint density at radius 2 is 1.43 bits per heavy atom. The average molecular weight is 391 g/mol. The third-order valence-corrected chi connectivity index (χ3v) is 4.51. The van der Waals surface area contributed by atoms with Crippen molar-refractivity contribution in [2.75, 3.05) is 5.32 Å². The maximum absolute atomic E-state index is 11.3. The van der Waals surface area contributed by atoms with Crippen molar-refractivity contribution in [3.05, 3.63) is 103 Å². The molecule has 4 rings (SSSR count). The van der Waals surface area contributed by atoms with Gasteiger partial charge in [-0.25, -0.2) is 4.79 Å². The monoisotopic (exact) mass is 391 g/mol. The quantitative estimate of drug-likeness (QED) is 0.364. The van der Waals surface area contributed by atoms with E-state index in [0.717, 1.165) is 33.6 Å². The highest BCUT2D eigenvalue weighted by Gasteiger charge is 2.08. The van der Waals surface area contributed by atoms with Gasteiger partial charge in [0, 0.05) is 5.56 Å². The van der Waals surface area contributed by atoms with Crippen LogP contribution < -0.4 is 11.1 Å². The van der Waals surface area contributed by atoms with Gasteiger partial charge in [-0.3, -0.25) is 0 Å². The van der Waals surface area contributed by atoms with E-state index < -0.39 is 6.03 Å². The van der Waals surface area contributed by atoms with Crippen LogP contribution in [0.15, 0.2) is 107 Å². The van der Waals surface area contributed by atoms with Crippen LogP contribution >= 0.6 is 0 Å². The molecule has 4 aromatic rings. The van der Waals surface area contributed by atoms with Crippen LogP contribution in [-0.4, -0.2) is 6.03 Å². The second kappa shape index (κ2) is 8.84. The van der Waals surface area contributed by atoms with Crippen molar-refractivity contribution < 1.29 is 4.79 Å². The number of hydrogen-bond acceptors (Lipinski definition) is 3. The maximum Gasteiger partial charge on any atom is 0.316 e. The standard InChI is InChI=1S/C25H19N4O/c26-25(30)27-24-12-5-4-11-23(24)20-8-6-7-19(17-20)18-13-15-22(16-14-18)29-28-21-9-2-1-3-10-21/h1-6,8-17H,(H3,26,27,30). The number of carbonyl (C=O) groups is 1. The maximum atomic E-state index is 11.3. The van der Waals surface area contributed by atoms with E-state index in [-0.39, 0.29) is 0 Å². The second-order valence-electron chi connectivity index (χ2n) is 6.61. The summed E-state index contributed by atoms with van der Waals surface area (Å²) in [4.78, 5) is 11.3. The van der Waals surface area contributed by atoms with E-state index in [0.29, 0.717) is 5.69 Å². The van der Waals surface area contributed by atoms with Crippen LogP contribution in [0.4, 0.5) is 21.9 Å². The number of rotatable bonds is 5. The Morgan fingerprint density at radius 1 is 0.767 bits per heavy atom. The summed E-state index contributed by atoms with van der Waals surface area (Å²) in [5.41, 5.74) is 11.3. The molecule has 0 saturated heterocycles. The molecule has 0 atom stereocenters. The molecule has 2 amide bonds. The Labute approximate surface area is 174 Å². The Hall–Kier alpha value is -4.25. The van der Waals surface area contributed by atoms with Crippen LogP contribution in [0.3, 0.4) is 0 Å². The van der Waals surface area contributed by atoms with Crippen LogP contribution in [0, 0.1) is 6.07 Å². The molecule has 30 heavy (non-hydrogen) atoms. The fraction of sp³-hybridized carbons (Fsp3) is 0. The van der Waals surface area contributed by atoms with Gasteiger partial charge in [-0.05, 0) is 59.2 Å². The molecule has 5 nitrogen and oxygen atoms in total. The lowest BCUT2D eigenvalue weighted by molar-refractivity contribution is 0.259. The van der Waals surface area contributed by atoms with Crippen molar-refractivity contribution in [2.24, 2.45) is 16.0 Å². The van der Waals surface area contributed by atoms with Crippen molar-refractivity contribution in [1.29, 1.82) is 0 Å². The van der Waals surface area contributed by atoms with E-state index in [1.165, 1.54) is 0 Å². The van der Waals surface area contributed by atoms with Gasteiger partial charge in [-0.1, -0.05) is 60.7 Å². The molecule has 0 fully saturated rings. The summed E-state index contributed by atoms with van der Waals surface area (Å²) in [5.74, 6) is 0. The summed E-state index contributed by atoms with van der Waals surface area (Å²) in [6, 6.07) is 33.5. The highest BCUT2D eigenvalue weighted by molar-refractivity contribution is 5.93. The van der Waals surface area contributed by atoms with Crippen LogP contribution in [0.1, 0.15) is 0 Å². The van der Waals surface area contributed by atoms with Crippen molar-refractivity contribution in [3.63, 3.8) is 0 Å². The molecule has 5 heteroatoms. The summed E-state index contributed by atoms with van der Waals surface area (Å²) in [7, 11) is 0. The first kappa shape index (κ1) is 19.1. The minimum absolute atomic E-state index is 0.592. The SMILES string of the molecule is NC(=O)Nc1ccccc1-c1cc[c]c(-c2ccc(N=Nc3ccccc3)cc2)c1. The Balaban J connectivity index is 1.59. The van der Waals surface area contributed by atoms with Crippen molar-refractivity contribution in [3.8, 4) is 22.3 Å². The summed E-state index contributed by atoms with van der Waals surface area (Å²) in [6.45, 7) is 0. The van der Waals surface area contributed by atoms with Gasteiger partial charge < -0.3 is 11.1 Å². The molecule has 0 spiro atoms. The third-order valence-electron chi connectivity index (χ3n) is 4.51. The van der Waals surface area contributed by atoms with E-state index in [1.54, 1.807) is 0 Å². The average Bonchev–Trinajstić information content (AvgIpc) is 2.79. The Kier molecular flexibility index (Phi) is 5.62. The van der Waals surface area contributed by atoms with E-state index in [1.807, 2.05) is 97.1 Å². The molecule has 0 aliphatic heterocycles. The molecule has 4 aromatic carbocycles. The number of amides is 2. The topological polar surface area (TPSA) is 79.8 Å². The largest absolute Gasteiger partial charge is 0.351 e. The minimum atomic E-state index is -0.592. The van der Waals surface area contributed by atoms with Crippen molar-refractivity contribution in [1.82, 2.24) is 0 Å². The first-order valence-electron chi connectivity index (χ1n) is 9.44. The van der Waals surface area contributed by atoms with E-state index in [9.17, 15) is 4.79 Å². The van der Waals surface area contributed by atoms with Crippen molar-refractivity contribution >= 4 is 23.1 Å². The van der Waals surface area contributed by atoms with E-state index >= 15 is 0 Å². The molecule has 0 aliphatic carbocycles. The number of primary amides is 1. The lowest BCUT2D eigenvalue weighted by Crippen LogP contribution is -2.19. The first-order chi connectivity index (χ1) is 14.7. The van der Waals surface area contributed by atoms with Crippen LogP contribution in [0.5, 0.6) is 0 Å². The number of nitrogens with one attached hydrogen (secondary N) is 1. The zero-order chi connectivity index (χ0) is 20.8. The summed E-state index contributed by atoms with van der Waals surface area (Å²) in [6.07, 6.45) is 0. The van der Waals surface area contributed by atoms with Crippen LogP contribution in [0.25, 0.3) is 22.3 Å². The molecule has 0 saturated carbocycles. The molecule has 0 bridgehead atoms. The smallest absolute Gasteiger partial charge is 0.316 e. The first-order valence-corrected chi connectivity index (χ1v) is 9.44. The molecule has 145 valence electrons. The fourth-order valence-electron chi connectivity index (χ4n) is 3.10. The summed E-state index contributed by atoms with van der Waals surface area (Å²) < 4.78 is 0. The number of carbonyl (C=O) groups excluding carboxylic acids is 1. The Bertz CT molecular complexity index is 1190. The second-order valence-corrected chi connectivity index (χ2v) is 6.61. The number of hydrogen-bond donors (Lipinski definition) is 2. The van der Waals surface area contributed by atoms with Gasteiger partial charge in [-0.2, -0.15) is 10.2 Å². The molecule has 3 N–H and O–H groups in total. The summed E-state index contributed by atoms with van der Waals surface area (Å²) >= 11 is 0. The lowest BCUT2D eigenvalue weighted by atomic mass is 9.98.